The van der Waals surface area contributed by atoms with E-state index in [1.54, 1.807) is 18.6 Å². The molecule has 0 aliphatic carbocycles. The molecule has 0 radical (unpaired) electrons. The number of thiazole rings is 1. The minimum Gasteiger partial charge on any atom is -0.497 e. The Bertz CT molecular complexity index is 1200. The summed E-state index contributed by atoms with van der Waals surface area (Å²) in [5.41, 5.74) is 1.88. The number of esters is 1. The second kappa shape index (κ2) is 10.3. The Hall–Kier alpha value is -3.99. The van der Waals surface area contributed by atoms with Gasteiger partial charge in [0.25, 0.3) is 11.6 Å². The SMILES string of the molecule is COc1ccc(-c2csc(NC(=O)COC(=O)c3ccc(N4CCCC4)c([N+](=O)[O-])c3)n2)cc1. The third-order valence-corrected chi connectivity index (χ3v) is 6.08. The van der Waals surface area contributed by atoms with E-state index in [9.17, 15) is 19.7 Å². The van der Waals surface area contributed by atoms with E-state index in [-0.39, 0.29) is 11.3 Å². The van der Waals surface area contributed by atoms with Gasteiger partial charge in [-0.15, -0.1) is 11.3 Å². The lowest BCUT2D eigenvalue weighted by atomic mass is 10.1. The van der Waals surface area contributed by atoms with Gasteiger partial charge in [0, 0.05) is 30.1 Å². The highest BCUT2D eigenvalue weighted by atomic mass is 32.1. The number of nitro benzene ring substituents is 1. The predicted molar refractivity (Wildman–Crippen MR) is 128 cm³/mol. The maximum atomic E-state index is 12.4. The van der Waals surface area contributed by atoms with Crippen molar-refractivity contribution in [3.8, 4) is 17.0 Å². The fraction of sp³-hybridized carbons (Fsp3) is 0.261. The van der Waals surface area contributed by atoms with E-state index >= 15 is 0 Å². The van der Waals surface area contributed by atoms with Gasteiger partial charge < -0.3 is 14.4 Å². The summed E-state index contributed by atoms with van der Waals surface area (Å²) in [6.45, 7) is 0.932. The van der Waals surface area contributed by atoms with Crippen molar-refractivity contribution >= 4 is 39.7 Å². The number of nitro groups is 1. The highest BCUT2D eigenvalue weighted by molar-refractivity contribution is 7.14. The Morgan fingerprint density at radius 2 is 1.91 bits per heavy atom. The Morgan fingerprint density at radius 1 is 1.18 bits per heavy atom. The van der Waals surface area contributed by atoms with Crippen molar-refractivity contribution < 1.29 is 24.0 Å². The van der Waals surface area contributed by atoms with Gasteiger partial charge in [-0.1, -0.05) is 0 Å². The van der Waals surface area contributed by atoms with Crippen LogP contribution in [0.2, 0.25) is 0 Å². The van der Waals surface area contributed by atoms with Gasteiger partial charge in [-0.25, -0.2) is 9.78 Å². The van der Waals surface area contributed by atoms with E-state index in [1.807, 2.05) is 29.2 Å². The van der Waals surface area contributed by atoms with Crippen molar-refractivity contribution in [3.05, 3.63) is 63.5 Å². The summed E-state index contributed by atoms with van der Waals surface area (Å²) in [6, 6.07) is 11.6. The summed E-state index contributed by atoms with van der Waals surface area (Å²) < 4.78 is 10.2. The van der Waals surface area contributed by atoms with Crippen LogP contribution in [0.1, 0.15) is 23.2 Å². The van der Waals surface area contributed by atoms with Crippen molar-refractivity contribution in [1.82, 2.24) is 4.98 Å². The summed E-state index contributed by atoms with van der Waals surface area (Å²) >= 11 is 1.24. The van der Waals surface area contributed by atoms with Crippen LogP contribution in [0.15, 0.2) is 47.8 Å². The number of benzene rings is 2. The molecule has 2 heterocycles. The van der Waals surface area contributed by atoms with Crippen LogP contribution in [0.5, 0.6) is 5.75 Å². The number of aromatic nitrogens is 1. The van der Waals surface area contributed by atoms with Crippen LogP contribution in [0.3, 0.4) is 0 Å². The second-order valence-corrected chi connectivity index (χ2v) is 8.40. The quantitative estimate of drug-likeness (QED) is 0.289. The van der Waals surface area contributed by atoms with Gasteiger partial charge in [0.1, 0.15) is 11.4 Å². The lowest BCUT2D eigenvalue weighted by molar-refractivity contribution is -0.384. The third kappa shape index (κ3) is 5.31. The van der Waals surface area contributed by atoms with Crippen molar-refractivity contribution in [2.45, 2.75) is 12.8 Å². The van der Waals surface area contributed by atoms with Crippen LogP contribution in [-0.2, 0) is 9.53 Å². The van der Waals surface area contributed by atoms with Crippen LogP contribution in [0.25, 0.3) is 11.3 Å². The molecule has 0 saturated carbocycles. The van der Waals surface area contributed by atoms with Gasteiger partial charge in [-0.2, -0.15) is 0 Å². The molecule has 1 N–H and O–H groups in total. The molecule has 3 aromatic rings. The molecule has 1 saturated heterocycles. The third-order valence-electron chi connectivity index (χ3n) is 5.33. The zero-order valence-corrected chi connectivity index (χ0v) is 19.2. The number of amides is 1. The number of hydrogen-bond donors (Lipinski definition) is 1. The molecule has 34 heavy (non-hydrogen) atoms. The number of ether oxygens (including phenoxy) is 2. The average Bonchev–Trinajstić information content (AvgIpc) is 3.55. The zero-order chi connectivity index (χ0) is 24.1. The zero-order valence-electron chi connectivity index (χ0n) is 18.4. The van der Waals surface area contributed by atoms with Crippen molar-refractivity contribution in [3.63, 3.8) is 0 Å². The van der Waals surface area contributed by atoms with Crippen LogP contribution in [0, 0.1) is 10.1 Å². The number of nitrogens with zero attached hydrogens (tertiary/aromatic N) is 3. The number of methoxy groups -OCH3 is 1. The summed E-state index contributed by atoms with van der Waals surface area (Å²) in [4.78, 5) is 41.9. The summed E-state index contributed by atoms with van der Waals surface area (Å²) in [5.74, 6) is -0.651. The minimum absolute atomic E-state index is 0.0125. The van der Waals surface area contributed by atoms with Crippen molar-refractivity contribution in [2.24, 2.45) is 0 Å². The molecular formula is C23H22N4O6S. The molecule has 1 fully saturated rings. The lowest BCUT2D eigenvalue weighted by Gasteiger charge is -2.17. The van der Waals surface area contributed by atoms with Crippen LogP contribution in [0.4, 0.5) is 16.5 Å². The van der Waals surface area contributed by atoms with Gasteiger partial charge in [0.05, 0.1) is 23.3 Å². The summed E-state index contributed by atoms with van der Waals surface area (Å²) in [6.07, 6.45) is 1.94. The van der Waals surface area contributed by atoms with Crippen LogP contribution >= 0.6 is 11.3 Å². The summed E-state index contributed by atoms with van der Waals surface area (Å²) in [7, 11) is 1.59. The molecular weight excluding hydrogens is 460 g/mol. The topological polar surface area (TPSA) is 124 Å². The van der Waals surface area contributed by atoms with E-state index in [1.165, 1.54) is 23.5 Å². The monoisotopic (exact) mass is 482 g/mol. The van der Waals surface area contributed by atoms with Crippen LogP contribution < -0.4 is 15.0 Å². The van der Waals surface area contributed by atoms with Gasteiger partial charge in [0.15, 0.2) is 11.7 Å². The molecule has 10 nitrogen and oxygen atoms in total. The van der Waals surface area contributed by atoms with Crippen molar-refractivity contribution in [2.75, 3.05) is 37.0 Å². The first-order valence-electron chi connectivity index (χ1n) is 10.5. The average molecular weight is 483 g/mol. The maximum absolute atomic E-state index is 12.4. The Labute approximate surface area is 199 Å². The minimum atomic E-state index is -0.815. The number of carbonyl (C=O) groups excluding carboxylic acids is 2. The molecule has 176 valence electrons. The molecule has 0 atom stereocenters. The van der Waals surface area contributed by atoms with Gasteiger partial charge >= 0.3 is 5.97 Å². The van der Waals surface area contributed by atoms with Gasteiger partial charge in [-0.05, 0) is 49.2 Å². The molecule has 0 bridgehead atoms. The first-order chi connectivity index (χ1) is 16.4. The lowest BCUT2D eigenvalue weighted by Crippen LogP contribution is -2.21. The molecule has 2 aromatic carbocycles. The first-order valence-corrected chi connectivity index (χ1v) is 11.4. The van der Waals surface area contributed by atoms with Gasteiger partial charge in [-0.3, -0.25) is 20.2 Å². The highest BCUT2D eigenvalue weighted by Gasteiger charge is 2.24. The molecule has 11 heteroatoms. The Kier molecular flexibility index (Phi) is 7.02. The standard InChI is InChI=1S/C23H22N4O6S/c1-32-17-7-4-15(5-8-17)18-14-34-23(24-18)25-21(28)13-33-22(29)16-6-9-19(20(12-16)27(30)31)26-10-2-3-11-26/h4-9,12,14H,2-3,10-11,13H2,1H3,(H,24,25,28). The smallest absolute Gasteiger partial charge is 0.338 e. The van der Waals surface area contributed by atoms with Crippen LogP contribution in [-0.4, -0.2) is 48.6 Å². The number of nitrogens with one attached hydrogen (secondary N) is 1. The van der Waals surface area contributed by atoms with E-state index in [0.29, 0.717) is 16.5 Å². The molecule has 1 aliphatic heterocycles. The molecule has 0 spiro atoms. The van der Waals surface area contributed by atoms with E-state index in [2.05, 4.69) is 10.3 Å². The van der Waals surface area contributed by atoms with Gasteiger partial charge in [0.2, 0.25) is 0 Å². The molecule has 1 aliphatic rings. The molecule has 1 aromatic heterocycles. The second-order valence-electron chi connectivity index (χ2n) is 7.55. The molecule has 1 amide bonds. The molecule has 4 rings (SSSR count). The van der Waals surface area contributed by atoms with E-state index in [4.69, 9.17) is 9.47 Å². The number of hydrogen-bond acceptors (Lipinski definition) is 9. The van der Waals surface area contributed by atoms with E-state index < -0.39 is 23.4 Å². The van der Waals surface area contributed by atoms with E-state index in [0.717, 1.165) is 37.2 Å². The predicted octanol–water partition coefficient (Wildman–Crippen LogP) is 4.12. The fourth-order valence-electron chi connectivity index (χ4n) is 3.62. The first kappa shape index (κ1) is 23.2. The van der Waals surface area contributed by atoms with Crippen molar-refractivity contribution in [1.29, 1.82) is 0 Å². The molecule has 0 unspecified atom stereocenters. The Balaban J connectivity index is 1.35. The Morgan fingerprint density at radius 3 is 2.59 bits per heavy atom. The number of carbonyl (C=O) groups is 2. The number of anilines is 2. The maximum Gasteiger partial charge on any atom is 0.338 e. The highest BCUT2D eigenvalue weighted by Crippen LogP contribution is 2.32. The largest absolute Gasteiger partial charge is 0.497 e. The fourth-order valence-corrected chi connectivity index (χ4v) is 4.35. The summed E-state index contributed by atoms with van der Waals surface area (Å²) in [5, 5.41) is 16.3. The normalized spacial score (nSPS) is 12.9. The number of rotatable bonds is 8.